The second-order valence-electron chi connectivity index (χ2n) is 3.77. The SMILES string of the molecule is CC.CCCCN(C)C(=O)CC(C)C. The first kappa shape index (κ1) is 15.9. The summed E-state index contributed by atoms with van der Waals surface area (Å²) < 4.78 is 0. The molecular weight excluding hydrogens is 174 g/mol. The van der Waals surface area contributed by atoms with Crippen molar-refractivity contribution in [1.29, 1.82) is 0 Å². The summed E-state index contributed by atoms with van der Waals surface area (Å²) in [6, 6.07) is 0. The fourth-order valence-corrected chi connectivity index (χ4v) is 1.03. The topological polar surface area (TPSA) is 20.3 Å². The number of hydrogen-bond donors (Lipinski definition) is 0. The van der Waals surface area contributed by atoms with Crippen LogP contribution in [0.3, 0.4) is 0 Å². The molecule has 0 aromatic carbocycles. The van der Waals surface area contributed by atoms with Crippen molar-refractivity contribution >= 4 is 5.91 Å². The van der Waals surface area contributed by atoms with Crippen LogP contribution in [0.25, 0.3) is 0 Å². The Morgan fingerprint density at radius 1 is 1.29 bits per heavy atom. The number of nitrogens with zero attached hydrogens (tertiary/aromatic N) is 1. The maximum absolute atomic E-state index is 11.4. The van der Waals surface area contributed by atoms with Gasteiger partial charge in [0.05, 0.1) is 0 Å². The van der Waals surface area contributed by atoms with Gasteiger partial charge in [-0.25, -0.2) is 0 Å². The number of carbonyl (C=O) groups is 1. The van der Waals surface area contributed by atoms with Crippen LogP contribution in [0.5, 0.6) is 0 Å². The maximum atomic E-state index is 11.4. The van der Waals surface area contributed by atoms with Gasteiger partial charge in [0.2, 0.25) is 5.91 Å². The third-order valence-corrected chi connectivity index (χ3v) is 1.86. The molecule has 0 rings (SSSR count). The fourth-order valence-electron chi connectivity index (χ4n) is 1.03. The lowest BCUT2D eigenvalue weighted by Gasteiger charge is -2.17. The molecule has 86 valence electrons. The molecule has 0 aromatic heterocycles. The quantitative estimate of drug-likeness (QED) is 0.668. The molecule has 2 heteroatoms. The Morgan fingerprint density at radius 2 is 1.79 bits per heavy atom. The first-order valence-corrected chi connectivity index (χ1v) is 5.81. The molecule has 0 atom stereocenters. The van der Waals surface area contributed by atoms with E-state index in [2.05, 4.69) is 20.8 Å². The van der Waals surface area contributed by atoms with E-state index in [0.717, 1.165) is 19.4 Å². The number of carbonyl (C=O) groups excluding carboxylic acids is 1. The summed E-state index contributed by atoms with van der Waals surface area (Å²) in [5.41, 5.74) is 0. The van der Waals surface area contributed by atoms with Crippen LogP contribution in [0.1, 0.15) is 53.9 Å². The van der Waals surface area contributed by atoms with E-state index in [1.54, 1.807) is 0 Å². The minimum Gasteiger partial charge on any atom is -0.346 e. The highest BCUT2D eigenvalue weighted by Crippen LogP contribution is 2.03. The second kappa shape index (κ2) is 10.6. The van der Waals surface area contributed by atoms with Crippen molar-refractivity contribution in [2.24, 2.45) is 5.92 Å². The van der Waals surface area contributed by atoms with Gasteiger partial charge < -0.3 is 4.90 Å². The Balaban J connectivity index is 0. The van der Waals surface area contributed by atoms with Crippen LogP contribution in [-0.4, -0.2) is 24.4 Å². The first-order valence-electron chi connectivity index (χ1n) is 5.81. The molecule has 0 radical (unpaired) electrons. The molecule has 0 N–H and O–H groups in total. The summed E-state index contributed by atoms with van der Waals surface area (Å²) in [4.78, 5) is 13.2. The number of hydrogen-bond acceptors (Lipinski definition) is 1. The smallest absolute Gasteiger partial charge is 0.222 e. The molecule has 0 bridgehead atoms. The zero-order chi connectivity index (χ0) is 11.6. The largest absolute Gasteiger partial charge is 0.346 e. The zero-order valence-corrected chi connectivity index (χ0v) is 10.8. The minimum atomic E-state index is 0.276. The van der Waals surface area contributed by atoms with E-state index >= 15 is 0 Å². The van der Waals surface area contributed by atoms with E-state index in [-0.39, 0.29) is 5.91 Å². The van der Waals surface area contributed by atoms with Gasteiger partial charge in [-0.1, -0.05) is 41.0 Å². The molecule has 0 saturated carbocycles. The Bertz CT molecular complexity index is 132. The number of unbranched alkanes of at least 4 members (excludes halogenated alkanes) is 1. The Hall–Kier alpha value is -0.530. The molecular formula is C12H27NO. The second-order valence-corrected chi connectivity index (χ2v) is 3.77. The van der Waals surface area contributed by atoms with Crippen molar-refractivity contribution in [3.05, 3.63) is 0 Å². The van der Waals surface area contributed by atoms with Gasteiger partial charge in [-0.3, -0.25) is 4.79 Å². The molecule has 0 aliphatic rings. The highest BCUT2D eigenvalue weighted by Gasteiger charge is 2.09. The average Bonchev–Trinajstić information content (AvgIpc) is 2.16. The van der Waals surface area contributed by atoms with Crippen LogP contribution in [0.4, 0.5) is 0 Å². The van der Waals surface area contributed by atoms with E-state index < -0.39 is 0 Å². The Kier molecular flexibility index (Phi) is 12.0. The van der Waals surface area contributed by atoms with Crippen molar-refractivity contribution in [3.8, 4) is 0 Å². The predicted octanol–water partition coefficient (Wildman–Crippen LogP) is 3.32. The van der Waals surface area contributed by atoms with Crippen LogP contribution in [0.15, 0.2) is 0 Å². The van der Waals surface area contributed by atoms with Crippen molar-refractivity contribution in [1.82, 2.24) is 4.90 Å². The molecule has 2 nitrogen and oxygen atoms in total. The Morgan fingerprint density at radius 3 is 2.14 bits per heavy atom. The van der Waals surface area contributed by atoms with Crippen LogP contribution in [0, 0.1) is 5.92 Å². The van der Waals surface area contributed by atoms with E-state index in [0.29, 0.717) is 12.3 Å². The lowest BCUT2D eigenvalue weighted by Crippen LogP contribution is -2.28. The monoisotopic (exact) mass is 201 g/mol. The summed E-state index contributed by atoms with van der Waals surface area (Å²) in [5.74, 6) is 0.750. The molecule has 0 unspecified atom stereocenters. The minimum absolute atomic E-state index is 0.276. The molecule has 1 amide bonds. The van der Waals surface area contributed by atoms with Gasteiger partial charge in [-0.2, -0.15) is 0 Å². The van der Waals surface area contributed by atoms with Crippen molar-refractivity contribution in [2.45, 2.75) is 53.9 Å². The van der Waals surface area contributed by atoms with E-state index in [1.807, 2.05) is 25.8 Å². The third-order valence-electron chi connectivity index (χ3n) is 1.86. The van der Waals surface area contributed by atoms with E-state index in [4.69, 9.17) is 0 Å². The summed E-state index contributed by atoms with van der Waals surface area (Å²) in [7, 11) is 1.89. The Labute approximate surface area is 89.7 Å². The van der Waals surface area contributed by atoms with E-state index in [1.165, 1.54) is 0 Å². The van der Waals surface area contributed by atoms with Gasteiger partial charge in [0.1, 0.15) is 0 Å². The van der Waals surface area contributed by atoms with Gasteiger partial charge in [-0.05, 0) is 12.3 Å². The molecule has 0 fully saturated rings. The normalized spacial score (nSPS) is 9.36. The molecule has 0 saturated heterocycles. The van der Waals surface area contributed by atoms with Gasteiger partial charge >= 0.3 is 0 Å². The van der Waals surface area contributed by atoms with E-state index in [9.17, 15) is 4.79 Å². The lowest BCUT2D eigenvalue weighted by atomic mass is 10.1. The molecule has 14 heavy (non-hydrogen) atoms. The van der Waals surface area contributed by atoms with Gasteiger partial charge in [0, 0.05) is 20.0 Å². The van der Waals surface area contributed by atoms with Gasteiger partial charge in [0.15, 0.2) is 0 Å². The fraction of sp³-hybridized carbons (Fsp3) is 0.917. The zero-order valence-electron chi connectivity index (χ0n) is 10.8. The summed E-state index contributed by atoms with van der Waals surface area (Å²) in [5, 5.41) is 0. The van der Waals surface area contributed by atoms with Crippen LogP contribution < -0.4 is 0 Å². The predicted molar refractivity (Wildman–Crippen MR) is 63.3 cm³/mol. The van der Waals surface area contributed by atoms with Crippen LogP contribution in [-0.2, 0) is 4.79 Å². The number of rotatable bonds is 5. The van der Waals surface area contributed by atoms with Crippen LogP contribution in [0.2, 0.25) is 0 Å². The van der Waals surface area contributed by atoms with Crippen LogP contribution >= 0.6 is 0 Å². The van der Waals surface area contributed by atoms with Crippen molar-refractivity contribution in [3.63, 3.8) is 0 Å². The maximum Gasteiger partial charge on any atom is 0.222 e. The highest BCUT2D eigenvalue weighted by molar-refractivity contribution is 5.75. The van der Waals surface area contributed by atoms with Crippen molar-refractivity contribution in [2.75, 3.05) is 13.6 Å². The molecule has 0 aliphatic heterocycles. The first-order chi connectivity index (χ1) is 6.57. The summed E-state index contributed by atoms with van der Waals surface area (Å²) in [6.45, 7) is 11.2. The number of amides is 1. The van der Waals surface area contributed by atoms with Gasteiger partial charge in [-0.15, -0.1) is 0 Å². The summed E-state index contributed by atoms with van der Waals surface area (Å²) in [6.07, 6.45) is 2.94. The molecule has 0 aliphatic carbocycles. The standard InChI is InChI=1S/C10H21NO.C2H6/c1-5-6-7-11(4)10(12)8-9(2)3;1-2/h9H,5-8H2,1-4H3;1-2H3. The lowest BCUT2D eigenvalue weighted by molar-refractivity contribution is -0.130. The summed E-state index contributed by atoms with van der Waals surface area (Å²) >= 11 is 0. The third kappa shape index (κ3) is 9.56. The molecule has 0 heterocycles. The molecule has 0 aromatic rings. The van der Waals surface area contributed by atoms with Gasteiger partial charge in [0.25, 0.3) is 0 Å². The molecule has 0 spiro atoms. The average molecular weight is 201 g/mol. The van der Waals surface area contributed by atoms with Crippen molar-refractivity contribution < 1.29 is 4.79 Å². The highest BCUT2D eigenvalue weighted by atomic mass is 16.2.